The molecule has 1 N–H and O–H groups in total. The van der Waals surface area contributed by atoms with Gasteiger partial charge in [-0.3, -0.25) is 9.59 Å². The highest BCUT2D eigenvalue weighted by atomic mass is 19.1. The molecule has 3 aliphatic heterocycles. The van der Waals surface area contributed by atoms with Crippen molar-refractivity contribution in [2.75, 3.05) is 18.5 Å². The van der Waals surface area contributed by atoms with E-state index in [4.69, 9.17) is 14.2 Å². The fourth-order valence-electron chi connectivity index (χ4n) is 4.75. The molecular formula is C25H27FN2O5. The topological polar surface area (TPSA) is 77.1 Å². The molecule has 7 nitrogen and oxygen atoms in total. The van der Waals surface area contributed by atoms with E-state index in [-0.39, 0.29) is 35.4 Å². The molecule has 0 unspecified atom stereocenters. The summed E-state index contributed by atoms with van der Waals surface area (Å²) in [6, 6.07) is 6.89. The summed E-state index contributed by atoms with van der Waals surface area (Å²) < 4.78 is 33.0. The minimum Gasteiger partial charge on any atom is -0.490 e. The third-order valence-corrected chi connectivity index (χ3v) is 6.23. The molecule has 3 aliphatic rings. The fourth-order valence-corrected chi connectivity index (χ4v) is 4.75. The Morgan fingerprint density at radius 1 is 1.18 bits per heavy atom. The van der Waals surface area contributed by atoms with E-state index < -0.39 is 11.9 Å². The Kier molecular flexibility index (Phi) is 5.38. The lowest BCUT2D eigenvalue weighted by Crippen LogP contribution is -2.37. The van der Waals surface area contributed by atoms with Gasteiger partial charge in [0.2, 0.25) is 5.91 Å². The van der Waals surface area contributed by atoms with Crippen LogP contribution in [-0.4, -0.2) is 48.1 Å². The first kappa shape index (κ1) is 21.6. The van der Waals surface area contributed by atoms with E-state index in [1.54, 1.807) is 17.0 Å². The molecule has 33 heavy (non-hydrogen) atoms. The van der Waals surface area contributed by atoms with Gasteiger partial charge in [-0.15, -0.1) is 0 Å². The van der Waals surface area contributed by atoms with E-state index in [0.29, 0.717) is 49.5 Å². The fraction of sp³-hybridized carbons (Fsp3) is 0.440. The molecule has 0 radical (unpaired) electrons. The van der Waals surface area contributed by atoms with Crippen molar-refractivity contribution in [2.24, 2.45) is 0 Å². The summed E-state index contributed by atoms with van der Waals surface area (Å²) in [6.07, 6.45) is 0.878. The molecule has 1 fully saturated rings. The second kappa shape index (κ2) is 8.24. The number of hydrogen-bond acceptors (Lipinski definition) is 5. The van der Waals surface area contributed by atoms with Gasteiger partial charge in [0.25, 0.3) is 5.91 Å². The predicted molar refractivity (Wildman–Crippen MR) is 120 cm³/mol. The van der Waals surface area contributed by atoms with Crippen molar-refractivity contribution in [1.29, 1.82) is 0 Å². The van der Waals surface area contributed by atoms with Crippen LogP contribution < -0.4 is 19.5 Å². The molecule has 0 saturated carbocycles. The Morgan fingerprint density at radius 2 is 2.00 bits per heavy atom. The van der Waals surface area contributed by atoms with Crippen LogP contribution in [0.5, 0.6) is 17.2 Å². The number of nitrogens with zero attached hydrogens (tertiary/aromatic N) is 1. The van der Waals surface area contributed by atoms with Crippen LogP contribution in [0.15, 0.2) is 24.3 Å². The maximum atomic E-state index is 15.0. The SMILES string of the molecule is Cc1cc2c(c(OC(C)C)c1)C(=O)N1C[C@@H](Oc3ccc4c(c3F)NC(=O)CC4)C[C@@H]1CO2. The van der Waals surface area contributed by atoms with Crippen molar-refractivity contribution in [1.82, 2.24) is 4.90 Å². The molecule has 0 spiro atoms. The van der Waals surface area contributed by atoms with E-state index in [0.717, 1.165) is 11.1 Å². The molecule has 2 aromatic carbocycles. The van der Waals surface area contributed by atoms with Gasteiger partial charge in [-0.25, -0.2) is 4.39 Å². The predicted octanol–water partition coefficient (Wildman–Crippen LogP) is 3.86. The molecule has 1 saturated heterocycles. The lowest BCUT2D eigenvalue weighted by atomic mass is 10.0. The number of carbonyl (C=O) groups is 2. The lowest BCUT2D eigenvalue weighted by molar-refractivity contribution is -0.116. The largest absolute Gasteiger partial charge is 0.490 e. The van der Waals surface area contributed by atoms with Crippen LogP contribution in [0.3, 0.4) is 0 Å². The molecule has 3 heterocycles. The average Bonchev–Trinajstić information content (AvgIpc) is 3.11. The Morgan fingerprint density at radius 3 is 2.79 bits per heavy atom. The van der Waals surface area contributed by atoms with Crippen molar-refractivity contribution in [2.45, 2.75) is 58.3 Å². The second-order valence-electron chi connectivity index (χ2n) is 9.16. The Hall–Kier alpha value is -3.29. The zero-order valence-corrected chi connectivity index (χ0v) is 18.9. The van der Waals surface area contributed by atoms with E-state index in [9.17, 15) is 9.59 Å². The van der Waals surface area contributed by atoms with E-state index in [2.05, 4.69) is 5.32 Å². The number of carbonyl (C=O) groups excluding carboxylic acids is 2. The smallest absolute Gasteiger partial charge is 0.261 e. The molecular weight excluding hydrogens is 427 g/mol. The minimum atomic E-state index is -0.571. The number of aryl methyl sites for hydroxylation is 2. The van der Waals surface area contributed by atoms with Crippen molar-refractivity contribution in [3.63, 3.8) is 0 Å². The second-order valence-corrected chi connectivity index (χ2v) is 9.16. The number of rotatable bonds is 4. The van der Waals surface area contributed by atoms with E-state index in [1.807, 2.05) is 32.9 Å². The van der Waals surface area contributed by atoms with E-state index >= 15 is 4.39 Å². The van der Waals surface area contributed by atoms with Crippen molar-refractivity contribution in [3.8, 4) is 17.2 Å². The number of benzene rings is 2. The number of amides is 2. The van der Waals surface area contributed by atoms with Gasteiger partial charge >= 0.3 is 0 Å². The van der Waals surface area contributed by atoms with Crippen LogP contribution in [0.1, 0.15) is 48.2 Å². The number of nitrogens with one attached hydrogen (secondary N) is 1. The molecule has 5 rings (SSSR count). The first-order chi connectivity index (χ1) is 15.8. The standard InChI is InChI=1S/C25H27FN2O5/c1-13(2)32-20-9-14(3)8-19-22(20)25(30)28-11-17(10-16(28)12-31-19)33-18-6-4-15-5-7-21(29)27-24(15)23(18)26/h4,6,8-9,13,16-17H,5,7,10-12H2,1-3H3,(H,27,29)/t16-,17+/m1/s1. The monoisotopic (exact) mass is 454 g/mol. The van der Waals surface area contributed by atoms with Gasteiger partial charge in [0.15, 0.2) is 11.6 Å². The highest BCUT2D eigenvalue weighted by Gasteiger charge is 2.42. The summed E-state index contributed by atoms with van der Waals surface area (Å²) >= 11 is 0. The van der Waals surface area contributed by atoms with E-state index in [1.165, 1.54) is 0 Å². The molecule has 0 aromatic heterocycles. The van der Waals surface area contributed by atoms with Crippen LogP contribution in [0.4, 0.5) is 10.1 Å². The third kappa shape index (κ3) is 3.98. The Bertz CT molecular complexity index is 1130. The van der Waals surface area contributed by atoms with Gasteiger partial charge in [-0.05, 0) is 56.5 Å². The quantitative estimate of drug-likeness (QED) is 0.759. The number of fused-ring (bicyclic) bond motifs is 3. The van der Waals surface area contributed by atoms with Crippen molar-refractivity contribution < 1.29 is 28.2 Å². The van der Waals surface area contributed by atoms with Crippen LogP contribution in [0.25, 0.3) is 0 Å². The summed E-state index contributed by atoms with van der Waals surface area (Å²) in [6.45, 7) is 6.40. The summed E-state index contributed by atoms with van der Waals surface area (Å²) in [5.74, 6) is 0.160. The third-order valence-electron chi connectivity index (χ3n) is 6.23. The highest BCUT2D eigenvalue weighted by Crippen LogP contribution is 2.39. The van der Waals surface area contributed by atoms with Gasteiger partial charge in [0, 0.05) is 12.8 Å². The Balaban J connectivity index is 1.38. The number of anilines is 1. The number of halogens is 1. The normalized spacial score (nSPS) is 21.5. The zero-order valence-electron chi connectivity index (χ0n) is 18.9. The molecule has 2 amide bonds. The highest BCUT2D eigenvalue weighted by molar-refractivity contribution is 6.00. The van der Waals surface area contributed by atoms with Crippen LogP contribution in [0, 0.1) is 12.7 Å². The first-order valence-electron chi connectivity index (χ1n) is 11.3. The van der Waals surface area contributed by atoms with Gasteiger partial charge < -0.3 is 24.4 Å². The van der Waals surface area contributed by atoms with Gasteiger partial charge in [-0.2, -0.15) is 0 Å². The van der Waals surface area contributed by atoms with Crippen molar-refractivity contribution in [3.05, 3.63) is 46.8 Å². The van der Waals surface area contributed by atoms with Gasteiger partial charge in [0.05, 0.1) is 24.4 Å². The molecule has 2 aromatic rings. The van der Waals surface area contributed by atoms with Gasteiger partial charge in [-0.1, -0.05) is 6.07 Å². The Labute approximate surface area is 191 Å². The first-order valence-corrected chi connectivity index (χ1v) is 11.3. The summed E-state index contributed by atoms with van der Waals surface area (Å²) in [4.78, 5) is 26.9. The lowest BCUT2D eigenvalue weighted by Gasteiger charge is -2.22. The van der Waals surface area contributed by atoms with Crippen molar-refractivity contribution >= 4 is 17.5 Å². The summed E-state index contributed by atoms with van der Waals surface area (Å²) in [7, 11) is 0. The molecule has 2 atom stereocenters. The maximum Gasteiger partial charge on any atom is 0.261 e. The zero-order chi connectivity index (χ0) is 23.3. The molecule has 0 aliphatic carbocycles. The molecule has 0 bridgehead atoms. The summed E-state index contributed by atoms with van der Waals surface area (Å²) in [5, 5.41) is 2.60. The van der Waals surface area contributed by atoms with Crippen LogP contribution >= 0.6 is 0 Å². The van der Waals surface area contributed by atoms with Crippen LogP contribution in [0.2, 0.25) is 0 Å². The van der Waals surface area contributed by atoms with Crippen LogP contribution in [-0.2, 0) is 11.2 Å². The average molecular weight is 454 g/mol. The molecule has 8 heteroatoms. The minimum absolute atomic E-state index is 0.0758. The van der Waals surface area contributed by atoms with Gasteiger partial charge in [0.1, 0.15) is 29.8 Å². The summed E-state index contributed by atoms with van der Waals surface area (Å²) in [5.41, 5.74) is 2.32. The number of hydrogen-bond donors (Lipinski definition) is 1. The molecule has 174 valence electrons. The maximum absolute atomic E-state index is 15.0. The number of ether oxygens (including phenoxy) is 3.